The molecule has 0 fully saturated rings. The van der Waals surface area contributed by atoms with Gasteiger partial charge in [-0.15, -0.1) is 0 Å². The lowest BCUT2D eigenvalue weighted by molar-refractivity contribution is -0.132. The zero-order chi connectivity index (χ0) is 23.5. The van der Waals surface area contributed by atoms with Crippen LogP contribution in [0.3, 0.4) is 0 Å². The van der Waals surface area contributed by atoms with Gasteiger partial charge in [0.15, 0.2) is 6.10 Å². The van der Waals surface area contributed by atoms with E-state index in [0.717, 1.165) is 16.8 Å². The number of amides is 3. The lowest BCUT2D eigenvalue weighted by atomic mass is 9.95. The largest absolute Gasteiger partial charge is 0.436 e. The van der Waals surface area contributed by atoms with Gasteiger partial charge in [0.1, 0.15) is 11.9 Å². The molecule has 33 heavy (non-hydrogen) atoms. The summed E-state index contributed by atoms with van der Waals surface area (Å²) >= 11 is 0. The topological polar surface area (TPSA) is 87.7 Å². The van der Waals surface area contributed by atoms with Crippen LogP contribution in [0.5, 0.6) is 0 Å². The van der Waals surface area contributed by atoms with Crippen molar-refractivity contribution in [2.75, 3.05) is 17.3 Å². The fourth-order valence-electron chi connectivity index (χ4n) is 3.73. The summed E-state index contributed by atoms with van der Waals surface area (Å²) in [5.74, 6) is -1.39. The Morgan fingerprint density at radius 2 is 1.61 bits per heavy atom. The first kappa shape index (κ1) is 22.0. The van der Waals surface area contributed by atoms with E-state index in [0.29, 0.717) is 11.3 Å². The van der Waals surface area contributed by atoms with E-state index in [4.69, 9.17) is 4.74 Å². The van der Waals surface area contributed by atoms with Crippen LogP contribution >= 0.6 is 0 Å². The van der Waals surface area contributed by atoms with Crippen molar-refractivity contribution < 1.29 is 23.5 Å². The van der Waals surface area contributed by atoms with Crippen LogP contribution in [0.2, 0.25) is 0 Å². The van der Waals surface area contributed by atoms with E-state index in [2.05, 4.69) is 10.6 Å². The average Bonchev–Trinajstić information content (AvgIpc) is 2.90. The van der Waals surface area contributed by atoms with Gasteiger partial charge in [-0.1, -0.05) is 42.5 Å². The van der Waals surface area contributed by atoms with Crippen LogP contribution in [-0.2, 0) is 14.3 Å². The number of carbonyl (C=O) groups excluding carboxylic acids is 3. The lowest BCUT2D eigenvalue weighted by Gasteiger charge is -2.24. The average molecular weight is 447 g/mol. The molecule has 7 nitrogen and oxygen atoms in total. The smallest absolute Gasteiger partial charge is 0.412 e. The zero-order valence-corrected chi connectivity index (χ0v) is 18.0. The predicted molar refractivity (Wildman–Crippen MR) is 122 cm³/mol. The summed E-state index contributed by atoms with van der Waals surface area (Å²) < 4.78 is 18.2. The molecule has 8 heteroatoms. The second-order valence-corrected chi connectivity index (χ2v) is 7.62. The van der Waals surface area contributed by atoms with Gasteiger partial charge in [0, 0.05) is 18.3 Å². The van der Waals surface area contributed by atoms with Crippen LogP contribution in [0.25, 0.3) is 11.1 Å². The van der Waals surface area contributed by atoms with Crippen LogP contribution in [0.15, 0.2) is 72.8 Å². The molecule has 2 atom stereocenters. The standard InChI is InChI=1S/C25H22FN3O4/c1-15(33-25(32)27-17-13-11-16(26)12-14-17)23(30)28-22-20-9-4-3-7-18(20)19-8-5-6-10-21(19)29(2)24(22)31/h3-15,22H,1-2H3,(H,27,32)(H,28,30)/t15?,22-/m0/s1. The molecule has 0 spiro atoms. The molecule has 0 aromatic heterocycles. The maximum absolute atomic E-state index is 13.3. The van der Waals surface area contributed by atoms with Gasteiger partial charge in [-0.3, -0.25) is 14.9 Å². The molecule has 2 N–H and O–H groups in total. The molecule has 3 amide bonds. The molecule has 0 radical (unpaired) electrons. The van der Waals surface area contributed by atoms with Crippen molar-refractivity contribution in [1.29, 1.82) is 0 Å². The number of halogens is 1. The Labute approximate surface area is 190 Å². The number of nitrogens with zero attached hydrogens (tertiary/aromatic N) is 1. The van der Waals surface area contributed by atoms with Crippen LogP contribution in [0.1, 0.15) is 18.5 Å². The number of rotatable bonds is 4. The molecule has 0 saturated carbocycles. The Balaban J connectivity index is 1.51. The summed E-state index contributed by atoms with van der Waals surface area (Å²) in [5, 5.41) is 5.15. The number of ether oxygens (including phenoxy) is 1. The molecule has 1 heterocycles. The van der Waals surface area contributed by atoms with Gasteiger partial charge in [0.2, 0.25) is 0 Å². The molecule has 0 aliphatic carbocycles. The first-order valence-electron chi connectivity index (χ1n) is 10.3. The molecular formula is C25H22FN3O4. The van der Waals surface area contributed by atoms with E-state index in [1.165, 1.54) is 36.1 Å². The van der Waals surface area contributed by atoms with Gasteiger partial charge >= 0.3 is 6.09 Å². The Kier molecular flexibility index (Phi) is 6.08. The lowest BCUT2D eigenvalue weighted by Crippen LogP contribution is -2.45. The summed E-state index contributed by atoms with van der Waals surface area (Å²) in [6.45, 7) is 1.41. The monoisotopic (exact) mass is 447 g/mol. The van der Waals surface area contributed by atoms with Gasteiger partial charge in [0.05, 0.1) is 5.69 Å². The highest BCUT2D eigenvalue weighted by Crippen LogP contribution is 2.39. The minimum atomic E-state index is -1.18. The van der Waals surface area contributed by atoms with E-state index in [1.807, 2.05) is 36.4 Å². The van der Waals surface area contributed by atoms with Gasteiger partial charge < -0.3 is 15.0 Å². The number of fused-ring (bicyclic) bond motifs is 3. The fraction of sp³-hybridized carbons (Fsp3) is 0.160. The van der Waals surface area contributed by atoms with Crippen LogP contribution in [0.4, 0.5) is 20.6 Å². The predicted octanol–water partition coefficient (Wildman–Crippen LogP) is 4.26. The Morgan fingerprint density at radius 3 is 2.33 bits per heavy atom. The van der Waals surface area contributed by atoms with E-state index in [9.17, 15) is 18.8 Å². The van der Waals surface area contributed by atoms with Crippen molar-refractivity contribution in [3.8, 4) is 11.1 Å². The summed E-state index contributed by atoms with van der Waals surface area (Å²) in [7, 11) is 1.66. The first-order chi connectivity index (χ1) is 15.8. The molecule has 4 rings (SSSR count). The summed E-state index contributed by atoms with van der Waals surface area (Å²) in [6, 6.07) is 19.0. The minimum absolute atomic E-state index is 0.316. The SMILES string of the molecule is CC(OC(=O)Nc1ccc(F)cc1)C(=O)N[C@@H]1C(=O)N(C)c2ccccc2-c2ccccc21. The van der Waals surface area contributed by atoms with Crippen LogP contribution in [0, 0.1) is 5.82 Å². The number of nitrogens with one attached hydrogen (secondary N) is 2. The molecule has 0 saturated heterocycles. The molecule has 3 aromatic carbocycles. The Hall–Kier alpha value is -4.20. The summed E-state index contributed by atoms with van der Waals surface area (Å²) in [5.41, 5.74) is 3.41. The van der Waals surface area contributed by atoms with E-state index >= 15 is 0 Å². The minimum Gasteiger partial charge on any atom is -0.436 e. The number of para-hydroxylation sites is 1. The Bertz CT molecular complexity index is 1210. The van der Waals surface area contributed by atoms with E-state index < -0.39 is 30.0 Å². The maximum atomic E-state index is 13.3. The summed E-state index contributed by atoms with van der Waals surface area (Å²) in [6.07, 6.45) is -2.05. The quantitative estimate of drug-likeness (QED) is 0.626. The number of carbonyl (C=O) groups is 3. The van der Waals surface area contributed by atoms with Gasteiger partial charge in [0.25, 0.3) is 11.8 Å². The van der Waals surface area contributed by atoms with E-state index in [-0.39, 0.29) is 5.91 Å². The fourth-order valence-corrected chi connectivity index (χ4v) is 3.73. The number of anilines is 2. The van der Waals surface area contributed by atoms with Crippen LogP contribution in [-0.4, -0.2) is 31.1 Å². The highest BCUT2D eigenvalue weighted by molar-refractivity contribution is 6.06. The highest BCUT2D eigenvalue weighted by Gasteiger charge is 2.34. The number of likely N-dealkylation sites (N-methyl/N-ethyl adjacent to an activating group) is 1. The van der Waals surface area contributed by atoms with Crippen molar-refractivity contribution in [2.24, 2.45) is 0 Å². The molecular weight excluding hydrogens is 425 g/mol. The third-order valence-corrected chi connectivity index (χ3v) is 5.44. The number of benzene rings is 3. The third kappa shape index (κ3) is 4.55. The molecule has 168 valence electrons. The van der Waals surface area contributed by atoms with E-state index in [1.54, 1.807) is 19.2 Å². The van der Waals surface area contributed by atoms with Gasteiger partial charge in [-0.05, 0) is 48.4 Å². The first-order valence-corrected chi connectivity index (χ1v) is 10.3. The second kappa shape index (κ2) is 9.12. The molecule has 0 bridgehead atoms. The molecule has 1 unspecified atom stereocenters. The van der Waals surface area contributed by atoms with Gasteiger partial charge in [-0.2, -0.15) is 0 Å². The van der Waals surface area contributed by atoms with Crippen molar-refractivity contribution in [3.63, 3.8) is 0 Å². The van der Waals surface area contributed by atoms with Crippen molar-refractivity contribution in [3.05, 3.63) is 84.2 Å². The molecule has 1 aliphatic rings. The second-order valence-electron chi connectivity index (χ2n) is 7.62. The Morgan fingerprint density at radius 1 is 0.970 bits per heavy atom. The number of hydrogen-bond donors (Lipinski definition) is 2. The van der Waals surface area contributed by atoms with Crippen LogP contribution < -0.4 is 15.5 Å². The third-order valence-electron chi connectivity index (χ3n) is 5.44. The summed E-state index contributed by atoms with van der Waals surface area (Å²) in [4.78, 5) is 39.8. The highest BCUT2D eigenvalue weighted by atomic mass is 19.1. The van der Waals surface area contributed by atoms with Crippen molar-refractivity contribution in [1.82, 2.24) is 5.32 Å². The zero-order valence-electron chi connectivity index (χ0n) is 18.0. The van der Waals surface area contributed by atoms with Crippen molar-refractivity contribution >= 4 is 29.3 Å². The molecule has 1 aliphatic heterocycles. The normalized spacial score (nSPS) is 15.5. The van der Waals surface area contributed by atoms with Gasteiger partial charge in [-0.25, -0.2) is 9.18 Å². The molecule has 3 aromatic rings. The number of hydrogen-bond acceptors (Lipinski definition) is 4. The maximum Gasteiger partial charge on any atom is 0.412 e. The van der Waals surface area contributed by atoms with Crippen molar-refractivity contribution in [2.45, 2.75) is 19.1 Å².